The van der Waals surface area contributed by atoms with Crippen LogP contribution in [0.2, 0.25) is 0 Å². The molecule has 0 fully saturated rings. The molecule has 0 bridgehead atoms. The number of alkyl halides is 6. The molecule has 0 unspecified atom stereocenters. The number of hydrogen-bond acceptors (Lipinski definition) is 3. The number of nitrogens with two attached hydrogens (primary N) is 2. The highest BCUT2D eigenvalue weighted by molar-refractivity contribution is 6.05. The summed E-state index contributed by atoms with van der Waals surface area (Å²) in [7, 11) is 0. The van der Waals surface area contributed by atoms with Crippen LogP contribution in [0.4, 0.5) is 43.4 Å². The second-order valence-electron chi connectivity index (χ2n) is 5.06. The van der Waals surface area contributed by atoms with E-state index in [0.717, 1.165) is 24.3 Å². The van der Waals surface area contributed by atoms with Crippen molar-refractivity contribution in [3.63, 3.8) is 0 Å². The highest BCUT2D eigenvalue weighted by atomic mass is 19.4. The van der Waals surface area contributed by atoms with Crippen molar-refractivity contribution in [2.75, 3.05) is 16.8 Å². The van der Waals surface area contributed by atoms with Crippen LogP contribution in [0.3, 0.4) is 0 Å². The fourth-order valence-electron chi connectivity index (χ4n) is 2.07. The molecule has 0 saturated carbocycles. The minimum absolute atomic E-state index is 0.212. The van der Waals surface area contributed by atoms with Gasteiger partial charge in [-0.2, -0.15) is 26.3 Å². The van der Waals surface area contributed by atoms with E-state index in [1.165, 1.54) is 0 Å². The van der Waals surface area contributed by atoms with E-state index in [2.05, 4.69) is 0 Å². The lowest BCUT2D eigenvalue weighted by Gasteiger charge is -2.15. The van der Waals surface area contributed by atoms with E-state index in [-0.39, 0.29) is 11.4 Å². The second-order valence-corrected chi connectivity index (χ2v) is 5.06. The third-order valence-corrected chi connectivity index (χ3v) is 3.21. The minimum atomic E-state index is -4.86. The van der Waals surface area contributed by atoms with Crippen LogP contribution < -0.4 is 16.8 Å². The molecule has 0 radical (unpaired) electrons. The fourth-order valence-corrected chi connectivity index (χ4v) is 2.07. The summed E-state index contributed by atoms with van der Waals surface area (Å²) in [6.45, 7) is 0. The van der Waals surface area contributed by atoms with Gasteiger partial charge >= 0.3 is 12.4 Å². The van der Waals surface area contributed by atoms with E-state index in [1.807, 2.05) is 5.32 Å². The van der Waals surface area contributed by atoms with Crippen LogP contribution in [0.15, 0.2) is 36.4 Å². The highest BCUT2D eigenvalue weighted by Gasteiger charge is 2.36. The molecule has 2 rings (SSSR count). The zero-order chi connectivity index (χ0) is 19.0. The Bertz CT molecular complexity index is 814. The first-order valence-electron chi connectivity index (χ1n) is 6.64. The first kappa shape index (κ1) is 18.4. The first-order valence-corrected chi connectivity index (χ1v) is 6.64. The Balaban J connectivity index is 2.39. The molecule has 5 N–H and O–H groups in total. The van der Waals surface area contributed by atoms with Gasteiger partial charge in [-0.1, -0.05) is 0 Å². The Hall–Kier alpha value is -2.91. The van der Waals surface area contributed by atoms with E-state index in [4.69, 9.17) is 11.5 Å². The third-order valence-electron chi connectivity index (χ3n) is 3.21. The third kappa shape index (κ3) is 4.14. The lowest BCUT2D eigenvalue weighted by Crippen LogP contribution is -2.19. The van der Waals surface area contributed by atoms with Crippen molar-refractivity contribution in [3.8, 4) is 0 Å². The van der Waals surface area contributed by atoms with Crippen molar-refractivity contribution in [1.82, 2.24) is 0 Å². The number of nitrogen functional groups attached to an aromatic ring is 2. The Labute approximate surface area is 137 Å². The predicted octanol–water partition coefficient (Wildman–Crippen LogP) is 4.14. The maximum atomic E-state index is 13.0. The molecule has 0 aliphatic carbocycles. The molecule has 0 heterocycles. The minimum Gasteiger partial charge on any atom is -0.399 e. The molecule has 0 spiro atoms. The van der Waals surface area contributed by atoms with E-state index >= 15 is 0 Å². The largest absolute Gasteiger partial charge is 0.418 e. The van der Waals surface area contributed by atoms with Crippen molar-refractivity contribution in [2.45, 2.75) is 12.4 Å². The summed E-state index contributed by atoms with van der Waals surface area (Å²) < 4.78 is 77.4. The molecule has 25 heavy (non-hydrogen) atoms. The van der Waals surface area contributed by atoms with Gasteiger partial charge in [-0.25, -0.2) is 0 Å². The lowest BCUT2D eigenvalue weighted by atomic mass is 10.0. The standard InChI is InChI=1S/C15H11F6N3O/c16-14(17,18)10-5-7(22)1-3-9(10)13(25)24-8-2-4-12(23)11(6-8)15(19,20)21/h1-6H,22-23H2,(H,24,25). The highest BCUT2D eigenvalue weighted by Crippen LogP contribution is 2.36. The van der Waals surface area contributed by atoms with E-state index in [0.29, 0.717) is 12.1 Å². The second kappa shape index (κ2) is 6.19. The van der Waals surface area contributed by atoms with Gasteiger partial charge in [0, 0.05) is 17.1 Å². The number of anilines is 3. The summed E-state index contributed by atoms with van der Waals surface area (Å²) in [5.41, 5.74) is 6.10. The molecule has 0 aliphatic heterocycles. The number of nitrogens with one attached hydrogen (secondary N) is 1. The molecule has 2 aromatic rings. The Kier molecular flexibility index (Phi) is 4.56. The number of rotatable bonds is 2. The van der Waals surface area contributed by atoms with E-state index in [1.54, 1.807) is 0 Å². The molecule has 0 aromatic heterocycles. The molecule has 0 aliphatic rings. The van der Waals surface area contributed by atoms with Crippen LogP contribution >= 0.6 is 0 Å². The zero-order valence-electron chi connectivity index (χ0n) is 12.3. The van der Waals surface area contributed by atoms with Crippen molar-refractivity contribution in [1.29, 1.82) is 0 Å². The molecular formula is C15H11F6N3O. The molecular weight excluding hydrogens is 352 g/mol. The van der Waals surface area contributed by atoms with Crippen LogP contribution in [-0.4, -0.2) is 5.91 Å². The number of benzene rings is 2. The van der Waals surface area contributed by atoms with Crippen LogP contribution in [0.5, 0.6) is 0 Å². The maximum absolute atomic E-state index is 13.0. The number of halogens is 6. The topological polar surface area (TPSA) is 81.1 Å². The summed E-state index contributed by atoms with van der Waals surface area (Å²) in [6, 6.07) is 4.97. The van der Waals surface area contributed by atoms with Crippen LogP contribution in [0.1, 0.15) is 21.5 Å². The summed E-state index contributed by atoms with van der Waals surface area (Å²) >= 11 is 0. The summed E-state index contributed by atoms with van der Waals surface area (Å²) in [5, 5.41) is 1.99. The lowest BCUT2D eigenvalue weighted by molar-refractivity contribution is -0.138. The van der Waals surface area contributed by atoms with Gasteiger partial charge < -0.3 is 16.8 Å². The summed E-state index contributed by atoms with van der Waals surface area (Å²) in [4.78, 5) is 12.1. The Morgan fingerprint density at radius 3 is 2.00 bits per heavy atom. The Morgan fingerprint density at radius 1 is 0.840 bits per heavy atom. The normalized spacial score (nSPS) is 12.1. The van der Waals surface area contributed by atoms with Crippen LogP contribution in [0, 0.1) is 0 Å². The summed E-state index contributed by atoms with van der Waals surface area (Å²) in [6.07, 6.45) is -9.64. The zero-order valence-corrected chi connectivity index (χ0v) is 12.3. The molecule has 0 atom stereocenters. The number of amides is 1. The molecule has 134 valence electrons. The SMILES string of the molecule is Nc1ccc(C(=O)Nc2ccc(N)c(C(F)(F)F)c2)c(C(F)(F)F)c1. The first-order chi connectivity index (χ1) is 11.4. The number of carbonyl (C=O) groups excluding carboxylic acids is 1. The molecule has 10 heteroatoms. The molecule has 2 aromatic carbocycles. The van der Waals surface area contributed by atoms with Gasteiger partial charge in [0.2, 0.25) is 0 Å². The number of hydrogen-bond donors (Lipinski definition) is 3. The van der Waals surface area contributed by atoms with Crippen molar-refractivity contribution in [3.05, 3.63) is 53.1 Å². The summed E-state index contributed by atoms with van der Waals surface area (Å²) in [5.74, 6) is -1.23. The smallest absolute Gasteiger partial charge is 0.399 e. The van der Waals surface area contributed by atoms with Gasteiger partial charge in [0.05, 0.1) is 16.7 Å². The predicted molar refractivity (Wildman–Crippen MR) is 79.7 cm³/mol. The molecule has 1 amide bonds. The maximum Gasteiger partial charge on any atom is 0.418 e. The quantitative estimate of drug-likeness (QED) is 0.554. The van der Waals surface area contributed by atoms with Crippen molar-refractivity contribution < 1.29 is 31.1 Å². The van der Waals surface area contributed by atoms with Crippen molar-refractivity contribution in [2.24, 2.45) is 0 Å². The Morgan fingerprint density at radius 2 is 1.44 bits per heavy atom. The van der Waals surface area contributed by atoms with E-state index in [9.17, 15) is 31.1 Å². The van der Waals surface area contributed by atoms with E-state index < -0.39 is 40.6 Å². The average molecular weight is 363 g/mol. The number of carbonyl (C=O) groups is 1. The monoisotopic (exact) mass is 363 g/mol. The van der Waals surface area contributed by atoms with Gasteiger partial charge in [0.15, 0.2) is 0 Å². The molecule has 4 nitrogen and oxygen atoms in total. The van der Waals surface area contributed by atoms with Gasteiger partial charge in [-0.15, -0.1) is 0 Å². The fraction of sp³-hybridized carbons (Fsp3) is 0.133. The van der Waals surface area contributed by atoms with Crippen LogP contribution in [-0.2, 0) is 12.4 Å². The van der Waals surface area contributed by atoms with Gasteiger partial charge in [0.25, 0.3) is 5.91 Å². The van der Waals surface area contributed by atoms with Crippen molar-refractivity contribution >= 4 is 23.0 Å². The van der Waals surface area contributed by atoms with Gasteiger partial charge in [0.1, 0.15) is 0 Å². The van der Waals surface area contributed by atoms with Gasteiger partial charge in [-0.05, 0) is 36.4 Å². The van der Waals surface area contributed by atoms with Gasteiger partial charge in [-0.3, -0.25) is 4.79 Å². The van der Waals surface area contributed by atoms with Crippen LogP contribution in [0.25, 0.3) is 0 Å². The molecule has 0 saturated heterocycles. The average Bonchev–Trinajstić information content (AvgIpc) is 2.47.